The van der Waals surface area contributed by atoms with Crippen molar-refractivity contribution in [2.24, 2.45) is 5.73 Å². The van der Waals surface area contributed by atoms with Gasteiger partial charge < -0.3 is 21.1 Å². The Bertz CT molecular complexity index is 435. The van der Waals surface area contributed by atoms with Gasteiger partial charge in [-0.3, -0.25) is 9.59 Å². The predicted octanol–water partition coefficient (Wildman–Crippen LogP) is -0.110. The van der Waals surface area contributed by atoms with Gasteiger partial charge in [0.15, 0.2) is 0 Å². The molecule has 0 saturated heterocycles. The molecule has 1 rings (SSSR count). The molecule has 0 saturated carbocycles. The van der Waals surface area contributed by atoms with Gasteiger partial charge in [-0.05, 0) is 18.2 Å². The zero-order chi connectivity index (χ0) is 14.1. The number of benzene rings is 1. The molecule has 1 aromatic carbocycles. The lowest BCUT2D eigenvalue weighted by molar-refractivity contribution is -0.120. The maximum Gasteiger partial charge on any atom is 0.251 e. The second kappa shape index (κ2) is 8.10. The van der Waals surface area contributed by atoms with E-state index in [-0.39, 0.29) is 11.8 Å². The molecule has 4 N–H and O–H groups in total. The molecular formula is C13H19N3O3. The van der Waals surface area contributed by atoms with E-state index >= 15 is 0 Å². The number of methoxy groups -OCH3 is 1. The number of carbonyl (C=O) groups is 2. The molecule has 1 aromatic rings. The van der Waals surface area contributed by atoms with Crippen molar-refractivity contribution in [3.8, 4) is 5.75 Å². The van der Waals surface area contributed by atoms with Gasteiger partial charge in [-0.2, -0.15) is 0 Å². The Morgan fingerprint density at radius 1 is 1.26 bits per heavy atom. The van der Waals surface area contributed by atoms with Gasteiger partial charge >= 0.3 is 0 Å². The summed E-state index contributed by atoms with van der Waals surface area (Å²) in [6.45, 7) is 1.07. The number of rotatable bonds is 7. The average molecular weight is 265 g/mol. The van der Waals surface area contributed by atoms with Crippen LogP contribution in [-0.4, -0.2) is 38.6 Å². The third-order valence-electron chi connectivity index (χ3n) is 2.44. The van der Waals surface area contributed by atoms with Crippen LogP contribution in [0.1, 0.15) is 16.8 Å². The third-order valence-corrected chi connectivity index (χ3v) is 2.44. The highest BCUT2D eigenvalue weighted by molar-refractivity contribution is 5.94. The van der Waals surface area contributed by atoms with Crippen LogP contribution in [0.25, 0.3) is 0 Å². The zero-order valence-corrected chi connectivity index (χ0v) is 10.9. The quantitative estimate of drug-likeness (QED) is 0.600. The number of hydrogen-bond acceptors (Lipinski definition) is 4. The van der Waals surface area contributed by atoms with E-state index in [1.165, 1.54) is 0 Å². The Kier molecular flexibility index (Phi) is 6.38. The summed E-state index contributed by atoms with van der Waals surface area (Å²) in [6.07, 6.45) is 0.295. The lowest BCUT2D eigenvalue weighted by Crippen LogP contribution is -2.35. The molecule has 0 spiro atoms. The molecule has 6 nitrogen and oxygen atoms in total. The molecule has 0 fully saturated rings. The monoisotopic (exact) mass is 265 g/mol. The average Bonchev–Trinajstić information content (AvgIpc) is 2.43. The van der Waals surface area contributed by atoms with Crippen molar-refractivity contribution in [1.82, 2.24) is 10.6 Å². The Balaban J connectivity index is 2.33. The molecule has 0 bridgehead atoms. The van der Waals surface area contributed by atoms with Crippen LogP contribution in [0.2, 0.25) is 0 Å². The van der Waals surface area contributed by atoms with Gasteiger partial charge in [0.2, 0.25) is 5.91 Å². The van der Waals surface area contributed by atoms with Crippen molar-refractivity contribution in [1.29, 1.82) is 0 Å². The van der Waals surface area contributed by atoms with E-state index < -0.39 is 0 Å². The Morgan fingerprint density at radius 2 is 2.00 bits per heavy atom. The van der Waals surface area contributed by atoms with Crippen LogP contribution in [0.3, 0.4) is 0 Å². The van der Waals surface area contributed by atoms with E-state index in [2.05, 4.69) is 10.6 Å². The highest BCUT2D eigenvalue weighted by Gasteiger charge is 2.06. The molecule has 0 heterocycles. The number of nitrogens with one attached hydrogen (secondary N) is 2. The van der Waals surface area contributed by atoms with Crippen LogP contribution in [0.15, 0.2) is 24.3 Å². The second-order valence-electron chi connectivity index (χ2n) is 3.88. The van der Waals surface area contributed by atoms with E-state index in [0.29, 0.717) is 37.4 Å². The summed E-state index contributed by atoms with van der Waals surface area (Å²) in [5.74, 6) is 0.314. The first kappa shape index (κ1) is 15.0. The van der Waals surface area contributed by atoms with Crippen molar-refractivity contribution < 1.29 is 14.3 Å². The molecule has 0 aliphatic heterocycles. The smallest absolute Gasteiger partial charge is 0.251 e. The van der Waals surface area contributed by atoms with Gasteiger partial charge in [-0.1, -0.05) is 6.07 Å². The third kappa shape index (κ3) is 5.39. The van der Waals surface area contributed by atoms with Crippen molar-refractivity contribution in [3.63, 3.8) is 0 Å². The van der Waals surface area contributed by atoms with E-state index in [4.69, 9.17) is 10.5 Å². The Morgan fingerprint density at radius 3 is 2.68 bits per heavy atom. The SMILES string of the molecule is COc1cccc(C(=O)NCCNC(=O)CCN)c1. The summed E-state index contributed by atoms with van der Waals surface area (Å²) >= 11 is 0. The molecule has 19 heavy (non-hydrogen) atoms. The van der Waals surface area contributed by atoms with Crippen LogP contribution in [0, 0.1) is 0 Å². The summed E-state index contributed by atoms with van der Waals surface area (Å²) in [4.78, 5) is 22.9. The fourth-order valence-electron chi connectivity index (χ4n) is 1.46. The maximum absolute atomic E-state index is 11.8. The molecule has 0 aliphatic carbocycles. The van der Waals surface area contributed by atoms with Crippen LogP contribution in [0.4, 0.5) is 0 Å². The van der Waals surface area contributed by atoms with Gasteiger partial charge in [-0.15, -0.1) is 0 Å². The molecule has 0 unspecified atom stereocenters. The van der Waals surface area contributed by atoms with E-state index in [9.17, 15) is 9.59 Å². The number of carbonyl (C=O) groups excluding carboxylic acids is 2. The fourth-order valence-corrected chi connectivity index (χ4v) is 1.46. The first-order chi connectivity index (χ1) is 9.17. The largest absolute Gasteiger partial charge is 0.497 e. The standard InChI is InChI=1S/C13H19N3O3/c1-19-11-4-2-3-10(9-11)13(18)16-8-7-15-12(17)5-6-14/h2-4,9H,5-8,14H2,1H3,(H,15,17)(H,16,18). The normalized spacial score (nSPS) is 9.79. The number of amides is 2. The number of ether oxygens (including phenoxy) is 1. The maximum atomic E-state index is 11.8. The van der Waals surface area contributed by atoms with Crippen LogP contribution in [-0.2, 0) is 4.79 Å². The highest BCUT2D eigenvalue weighted by Crippen LogP contribution is 2.11. The van der Waals surface area contributed by atoms with Crippen molar-refractivity contribution >= 4 is 11.8 Å². The second-order valence-corrected chi connectivity index (χ2v) is 3.88. The first-order valence-electron chi connectivity index (χ1n) is 6.06. The lowest BCUT2D eigenvalue weighted by atomic mass is 10.2. The van der Waals surface area contributed by atoms with Gasteiger partial charge in [-0.25, -0.2) is 0 Å². The molecule has 0 aromatic heterocycles. The Hall–Kier alpha value is -2.08. The number of hydrogen-bond donors (Lipinski definition) is 3. The summed E-state index contributed by atoms with van der Waals surface area (Å²) in [7, 11) is 1.55. The van der Waals surface area contributed by atoms with E-state index in [1.54, 1.807) is 31.4 Å². The van der Waals surface area contributed by atoms with Crippen molar-refractivity contribution in [3.05, 3.63) is 29.8 Å². The number of nitrogens with two attached hydrogens (primary N) is 1. The summed E-state index contributed by atoms with van der Waals surface area (Å²) in [6, 6.07) is 6.87. The molecule has 6 heteroatoms. The Labute approximate surface area is 112 Å². The minimum atomic E-state index is -0.202. The molecule has 104 valence electrons. The van der Waals surface area contributed by atoms with Crippen LogP contribution < -0.4 is 21.1 Å². The molecule has 2 amide bonds. The van der Waals surface area contributed by atoms with Crippen molar-refractivity contribution in [2.45, 2.75) is 6.42 Å². The zero-order valence-electron chi connectivity index (χ0n) is 10.9. The van der Waals surface area contributed by atoms with Crippen LogP contribution >= 0.6 is 0 Å². The van der Waals surface area contributed by atoms with Gasteiger partial charge in [0, 0.05) is 31.6 Å². The molecule has 0 aliphatic rings. The van der Waals surface area contributed by atoms with Gasteiger partial charge in [0.25, 0.3) is 5.91 Å². The van der Waals surface area contributed by atoms with Gasteiger partial charge in [0.1, 0.15) is 5.75 Å². The molecular weight excluding hydrogens is 246 g/mol. The minimum Gasteiger partial charge on any atom is -0.497 e. The fraction of sp³-hybridized carbons (Fsp3) is 0.385. The topological polar surface area (TPSA) is 93.5 Å². The van der Waals surface area contributed by atoms with E-state index in [0.717, 1.165) is 0 Å². The first-order valence-corrected chi connectivity index (χ1v) is 6.06. The summed E-state index contributed by atoms with van der Waals surface area (Å²) in [5, 5.41) is 5.36. The minimum absolute atomic E-state index is 0.113. The van der Waals surface area contributed by atoms with Gasteiger partial charge in [0.05, 0.1) is 7.11 Å². The summed E-state index contributed by atoms with van der Waals surface area (Å²) < 4.78 is 5.04. The predicted molar refractivity (Wildman–Crippen MR) is 72.0 cm³/mol. The van der Waals surface area contributed by atoms with Crippen molar-refractivity contribution in [2.75, 3.05) is 26.7 Å². The van der Waals surface area contributed by atoms with Crippen LogP contribution in [0.5, 0.6) is 5.75 Å². The molecule has 0 radical (unpaired) electrons. The van der Waals surface area contributed by atoms with E-state index in [1.807, 2.05) is 0 Å². The summed E-state index contributed by atoms with van der Waals surface area (Å²) in [5.41, 5.74) is 5.76. The molecule has 0 atom stereocenters. The highest BCUT2D eigenvalue weighted by atomic mass is 16.5. The lowest BCUT2D eigenvalue weighted by Gasteiger charge is -2.07.